The molecule has 1 amide bonds. The summed E-state index contributed by atoms with van der Waals surface area (Å²) in [5, 5.41) is 20.6. The molecule has 0 heterocycles. The largest absolute Gasteiger partial charge is 0.480 e. The number of hydrogen-bond donors (Lipinski definition) is 3. The molecule has 1 rings (SSSR count). The van der Waals surface area contributed by atoms with Gasteiger partial charge in [0.25, 0.3) is 0 Å². The second-order valence-corrected chi connectivity index (χ2v) is 4.71. The van der Waals surface area contributed by atoms with Crippen molar-refractivity contribution in [3.05, 3.63) is 33.8 Å². The molecular formula is C12H13Cl2NO4. The lowest BCUT2D eigenvalue weighted by atomic mass is 10.1. The standard InChI is InChI=1S/C12H13Cl2NO4/c13-8-2-1-7(5-9(8)14)6-11(17)15-10(3-4-16)12(18)19/h1-2,5,10,16H,3-4,6H2,(H,15,17)(H,18,19)/t10-/m0/s1. The van der Waals surface area contributed by atoms with Crippen LogP contribution in [0.25, 0.3) is 0 Å². The molecule has 0 fully saturated rings. The van der Waals surface area contributed by atoms with Crippen LogP contribution in [-0.4, -0.2) is 34.7 Å². The maximum atomic E-state index is 11.7. The van der Waals surface area contributed by atoms with Crippen molar-refractivity contribution in [2.24, 2.45) is 0 Å². The zero-order valence-electron chi connectivity index (χ0n) is 9.90. The van der Waals surface area contributed by atoms with Gasteiger partial charge in [-0.3, -0.25) is 4.79 Å². The zero-order valence-corrected chi connectivity index (χ0v) is 11.4. The van der Waals surface area contributed by atoms with E-state index >= 15 is 0 Å². The SMILES string of the molecule is O=C(Cc1ccc(Cl)c(Cl)c1)N[C@@H](CCO)C(=O)O. The van der Waals surface area contributed by atoms with Crippen LogP contribution in [0.5, 0.6) is 0 Å². The van der Waals surface area contributed by atoms with E-state index in [0.717, 1.165) is 0 Å². The van der Waals surface area contributed by atoms with Gasteiger partial charge in [-0.1, -0.05) is 29.3 Å². The van der Waals surface area contributed by atoms with Crippen molar-refractivity contribution in [3.63, 3.8) is 0 Å². The summed E-state index contributed by atoms with van der Waals surface area (Å²) < 4.78 is 0. The first kappa shape index (κ1) is 15.8. The molecule has 0 aliphatic heterocycles. The first-order valence-electron chi connectivity index (χ1n) is 5.51. The number of nitrogens with one attached hydrogen (secondary N) is 1. The maximum absolute atomic E-state index is 11.7. The molecule has 1 aromatic carbocycles. The van der Waals surface area contributed by atoms with Crippen LogP contribution in [0, 0.1) is 0 Å². The molecule has 104 valence electrons. The third kappa shape index (κ3) is 5.06. The smallest absolute Gasteiger partial charge is 0.326 e. The van der Waals surface area contributed by atoms with E-state index in [2.05, 4.69) is 5.32 Å². The Labute approximate surface area is 120 Å². The van der Waals surface area contributed by atoms with E-state index in [1.165, 1.54) is 0 Å². The fraction of sp³-hybridized carbons (Fsp3) is 0.333. The van der Waals surface area contributed by atoms with Gasteiger partial charge in [-0.25, -0.2) is 4.79 Å². The molecule has 0 spiro atoms. The Bertz CT molecular complexity index is 479. The number of amides is 1. The lowest BCUT2D eigenvalue weighted by molar-refractivity contribution is -0.142. The number of aliphatic hydroxyl groups is 1. The van der Waals surface area contributed by atoms with Crippen LogP contribution < -0.4 is 5.32 Å². The zero-order chi connectivity index (χ0) is 14.4. The molecular weight excluding hydrogens is 293 g/mol. The fourth-order valence-electron chi connectivity index (χ4n) is 1.47. The van der Waals surface area contributed by atoms with E-state index in [4.69, 9.17) is 33.4 Å². The highest BCUT2D eigenvalue weighted by atomic mass is 35.5. The lowest BCUT2D eigenvalue weighted by Crippen LogP contribution is -2.42. The van der Waals surface area contributed by atoms with Gasteiger partial charge < -0.3 is 15.5 Å². The van der Waals surface area contributed by atoms with Crippen molar-refractivity contribution in [1.29, 1.82) is 0 Å². The molecule has 5 nitrogen and oxygen atoms in total. The normalized spacial score (nSPS) is 11.9. The van der Waals surface area contributed by atoms with E-state index in [-0.39, 0.29) is 19.4 Å². The fourth-order valence-corrected chi connectivity index (χ4v) is 1.79. The number of aliphatic hydroxyl groups excluding tert-OH is 1. The van der Waals surface area contributed by atoms with Gasteiger partial charge in [0.1, 0.15) is 6.04 Å². The number of halogens is 2. The molecule has 7 heteroatoms. The van der Waals surface area contributed by atoms with Crippen molar-refractivity contribution < 1.29 is 19.8 Å². The van der Waals surface area contributed by atoms with Crippen LogP contribution in [0.2, 0.25) is 10.0 Å². The molecule has 0 radical (unpaired) electrons. The Morgan fingerprint density at radius 2 is 1.95 bits per heavy atom. The van der Waals surface area contributed by atoms with Crippen LogP contribution >= 0.6 is 23.2 Å². The molecule has 0 unspecified atom stereocenters. The summed E-state index contributed by atoms with van der Waals surface area (Å²) in [5.41, 5.74) is 0.625. The number of benzene rings is 1. The van der Waals surface area contributed by atoms with E-state index in [0.29, 0.717) is 15.6 Å². The maximum Gasteiger partial charge on any atom is 0.326 e. The van der Waals surface area contributed by atoms with Gasteiger partial charge in [-0.15, -0.1) is 0 Å². The van der Waals surface area contributed by atoms with Crippen LogP contribution in [0.1, 0.15) is 12.0 Å². The molecule has 0 aliphatic rings. The molecule has 1 atom stereocenters. The molecule has 0 aliphatic carbocycles. The number of carboxylic acids is 1. The molecule has 3 N–H and O–H groups in total. The summed E-state index contributed by atoms with van der Waals surface area (Å²) in [6.07, 6.45) is -0.0471. The summed E-state index contributed by atoms with van der Waals surface area (Å²) in [4.78, 5) is 22.5. The number of carbonyl (C=O) groups excluding carboxylic acids is 1. The Morgan fingerprint density at radius 1 is 1.26 bits per heavy atom. The Balaban J connectivity index is 2.63. The Morgan fingerprint density at radius 3 is 2.47 bits per heavy atom. The molecule has 0 saturated carbocycles. The predicted molar refractivity (Wildman–Crippen MR) is 71.4 cm³/mol. The number of rotatable bonds is 6. The summed E-state index contributed by atoms with van der Waals surface area (Å²) in [5.74, 6) is -1.64. The summed E-state index contributed by atoms with van der Waals surface area (Å²) >= 11 is 11.6. The van der Waals surface area contributed by atoms with E-state index in [1.54, 1.807) is 18.2 Å². The Kier molecular flexibility index (Phi) is 6.08. The number of carbonyl (C=O) groups is 2. The molecule has 0 saturated heterocycles. The number of aliphatic carboxylic acids is 1. The van der Waals surface area contributed by atoms with Crippen LogP contribution in [0.15, 0.2) is 18.2 Å². The van der Waals surface area contributed by atoms with Gasteiger partial charge in [0, 0.05) is 13.0 Å². The van der Waals surface area contributed by atoms with Crippen molar-refractivity contribution in [1.82, 2.24) is 5.32 Å². The van der Waals surface area contributed by atoms with E-state index < -0.39 is 17.9 Å². The Hall–Kier alpha value is -1.30. The van der Waals surface area contributed by atoms with Gasteiger partial charge in [-0.05, 0) is 17.7 Å². The average Bonchev–Trinajstić information content (AvgIpc) is 2.33. The van der Waals surface area contributed by atoms with Crippen molar-refractivity contribution in [2.75, 3.05) is 6.61 Å². The first-order valence-corrected chi connectivity index (χ1v) is 6.26. The van der Waals surface area contributed by atoms with Crippen LogP contribution in [0.3, 0.4) is 0 Å². The monoisotopic (exact) mass is 305 g/mol. The molecule has 19 heavy (non-hydrogen) atoms. The minimum absolute atomic E-state index is 0.00784. The quantitative estimate of drug-likeness (QED) is 0.743. The molecule has 1 aromatic rings. The first-order chi connectivity index (χ1) is 8.93. The summed E-state index contributed by atoms with van der Waals surface area (Å²) in [6, 6.07) is 3.65. The highest BCUT2D eigenvalue weighted by Gasteiger charge is 2.19. The molecule has 0 bridgehead atoms. The third-order valence-electron chi connectivity index (χ3n) is 2.40. The van der Waals surface area contributed by atoms with Gasteiger partial charge in [0.2, 0.25) is 5.91 Å². The average molecular weight is 306 g/mol. The predicted octanol–water partition coefficient (Wildman–Crippen LogP) is 1.49. The minimum Gasteiger partial charge on any atom is -0.480 e. The third-order valence-corrected chi connectivity index (χ3v) is 3.14. The number of hydrogen-bond acceptors (Lipinski definition) is 3. The van der Waals surface area contributed by atoms with Gasteiger partial charge in [0.05, 0.1) is 16.5 Å². The number of carboxylic acid groups (broad SMARTS) is 1. The van der Waals surface area contributed by atoms with E-state index in [1.807, 2.05) is 0 Å². The highest BCUT2D eigenvalue weighted by Crippen LogP contribution is 2.22. The summed E-state index contributed by atoms with van der Waals surface area (Å²) in [7, 11) is 0. The summed E-state index contributed by atoms with van der Waals surface area (Å²) in [6.45, 7) is -0.315. The van der Waals surface area contributed by atoms with E-state index in [9.17, 15) is 9.59 Å². The molecule has 0 aromatic heterocycles. The lowest BCUT2D eigenvalue weighted by Gasteiger charge is -2.13. The second kappa shape index (κ2) is 7.33. The van der Waals surface area contributed by atoms with Gasteiger partial charge in [-0.2, -0.15) is 0 Å². The van der Waals surface area contributed by atoms with Crippen molar-refractivity contribution in [2.45, 2.75) is 18.9 Å². The van der Waals surface area contributed by atoms with Crippen molar-refractivity contribution in [3.8, 4) is 0 Å². The van der Waals surface area contributed by atoms with Gasteiger partial charge >= 0.3 is 5.97 Å². The van der Waals surface area contributed by atoms with Crippen molar-refractivity contribution >= 4 is 35.1 Å². The van der Waals surface area contributed by atoms with Gasteiger partial charge in [0.15, 0.2) is 0 Å². The van der Waals surface area contributed by atoms with Crippen LogP contribution in [-0.2, 0) is 16.0 Å². The topological polar surface area (TPSA) is 86.6 Å². The second-order valence-electron chi connectivity index (χ2n) is 3.90. The minimum atomic E-state index is -1.18. The van der Waals surface area contributed by atoms with Crippen LogP contribution in [0.4, 0.5) is 0 Å². The highest BCUT2D eigenvalue weighted by molar-refractivity contribution is 6.42.